The maximum atomic E-state index is 12.5. The van der Waals surface area contributed by atoms with E-state index in [0.29, 0.717) is 36.7 Å². The fraction of sp³-hybridized carbons (Fsp3) is 0.381. The molecular formula is C21H27N3O4S. The Bertz CT molecular complexity index is 919. The van der Waals surface area contributed by atoms with Crippen LogP contribution in [0.5, 0.6) is 11.5 Å². The fourth-order valence-corrected chi connectivity index (χ4v) is 4.20. The van der Waals surface area contributed by atoms with Crippen molar-refractivity contribution in [1.82, 2.24) is 9.62 Å². The van der Waals surface area contributed by atoms with Gasteiger partial charge in [-0.3, -0.25) is 4.79 Å². The van der Waals surface area contributed by atoms with Gasteiger partial charge >= 0.3 is 0 Å². The van der Waals surface area contributed by atoms with Crippen molar-refractivity contribution in [3.05, 3.63) is 54.6 Å². The van der Waals surface area contributed by atoms with E-state index in [4.69, 9.17) is 4.74 Å². The van der Waals surface area contributed by atoms with Gasteiger partial charge in [0.05, 0.1) is 11.9 Å². The summed E-state index contributed by atoms with van der Waals surface area (Å²) in [6, 6.07) is 16.6. The van der Waals surface area contributed by atoms with Gasteiger partial charge in [-0.25, -0.2) is 13.1 Å². The average molecular weight is 418 g/mol. The molecule has 7 nitrogen and oxygen atoms in total. The summed E-state index contributed by atoms with van der Waals surface area (Å²) in [7, 11) is -3.22. The lowest BCUT2D eigenvalue weighted by Crippen LogP contribution is -2.47. The molecule has 1 aliphatic rings. The first-order chi connectivity index (χ1) is 13.9. The van der Waals surface area contributed by atoms with Gasteiger partial charge in [0, 0.05) is 25.6 Å². The van der Waals surface area contributed by atoms with E-state index in [0.717, 1.165) is 19.4 Å². The van der Waals surface area contributed by atoms with Crippen molar-refractivity contribution in [3.8, 4) is 11.5 Å². The third-order valence-corrected chi connectivity index (χ3v) is 5.43. The molecule has 156 valence electrons. The molecule has 8 heteroatoms. The number of nitrogens with zero attached hydrogens (tertiary/aromatic N) is 1. The molecule has 1 heterocycles. The third-order valence-electron chi connectivity index (χ3n) is 4.67. The van der Waals surface area contributed by atoms with Crippen molar-refractivity contribution in [2.75, 3.05) is 31.2 Å². The number of hydrogen-bond donors (Lipinski definition) is 2. The van der Waals surface area contributed by atoms with Crippen LogP contribution in [0.3, 0.4) is 0 Å². The minimum absolute atomic E-state index is 0.0955. The lowest BCUT2D eigenvalue weighted by atomic mass is 10.1. The summed E-state index contributed by atoms with van der Waals surface area (Å²) in [5.74, 6) is 1.18. The molecule has 0 saturated carbocycles. The minimum atomic E-state index is -3.22. The third kappa shape index (κ3) is 7.16. The Morgan fingerprint density at radius 1 is 1.14 bits per heavy atom. The number of benzene rings is 2. The van der Waals surface area contributed by atoms with Crippen LogP contribution in [0.1, 0.15) is 19.3 Å². The van der Waals surface area contributed by atoms with E-state index in [9.17, 15) is 13.2 Å². The number of amides is 1. The van der Waals surface area contributed by atoms with Crippen LogP contribution in [-0.2, 0) is 14.8 Å². The zero-order valence-corrected chi connectivity index (χ0v) is 17.3. The number of sulfonamides is 1. The highest BCUT2D eigenvalue weighted by Gasteiger charge is 2.22. The summed E-state index contributed by atoms with van der Waals surface area (Å²) < 4.78 is 31.4. The molecule has 2 aromatic carbocycles. The van der Waals surface area contributed by atoms with Gasteiger partial charge in [-0.1, -0.05) is 30.3 Å². The Hall–Kier alpha value is -2.42. The Labute approximate surface area is 172 Å². The predicted octanol–water partition coefficient (Wildman–Crippen LogP) is 2.82. The van der Waals surface area contributed by atoms with Gasteiger partial charge < -0.3 is 15.0 Å². The maximum absolute atomic E-state index is 12.5. The van der Waals surface area contributed by atoms with Gasteiger partial charge in [0.15, 0.2) is 5.75 Å². The molecule has 1 fully saturated rings. The summed E-state index contributed by atoms with van der Waals surface area (Å²) in [6.07, 6.45) is 3.22. The van der Waals surface area contributed by atoms with Gasteiger partial charge in [-0.05, 0) is 43.7 Å². The fourth-order valence-electron chi connectivity index (χ4n) is 3.40. The molecule has 1 aliphatic heterocycles. The van der Waals surface area contributed by atoms with E-state index < -0.39 is 10.0 Å². The quantitative estimate of drug-likeness (QED) is 0.690. The highest BCUT2D eigenvalue weighted by molar-refractivity contribution is 7.88. The molecule has 0 aromatic heterocycles. The van der Waals surface area contributed by atoms with Gasteiger partial charge in [0.1, 0.15) is 5.75 Å². The van der Waals surface area contributed by atoms with Crippen molar-refractivity contribution in [1.29, 1.82) is 0 Å². The number of carbonyl (C=O) groups excluding carboxylic acids is 1. The van der Waals surface area contributed by atoms with Gasteiger partial charge in [-0.2, -0.15) is 0 Å². The molecular weight excluding hydrogens is 390 g/mol. The number of likely N-dealkylation sites (tertiary alicyclic amines) is 1. The van der Waals surface area contributed by atoms with Crippen LogP contribution in [-0.4, -0.2) is 51.2 Å². The first kappa shape index (κ1) is 21.3. The summed E-state index contributed by atoms with van der Waals surface area (Å²) in [4.78, 5) is 14.6. The second-order valence-corrected chi connectivity index (χ2v) is 9.02. The first-order valence-corrected chi connectivity index (χ1v) is 11.6. The second kappa shape index (κ2) is 9.87. The molecule has 2 N–H and O–H groups in total. The zero-order valence-electron chi connectivity index (χ0n) is 16.5. The Morgan fingerprint density at radius 3 is 2.62 bits per heavy atom. The maximum Gasteiger partial charge on any atom is 0.225 e. The highest BCUT2D eigenvalue weighted by Crippen LogP contribution is 2.29. The molecule has 0 aliphatic carbocycles. The molecule has 0 bridgehead atoms. The summed E-state index contributed by atoms with van der Waals surface area (Å²) >= 11 is 0. The number of hydrogen-bond acceptors (Lipinski definition) is 5. The number of anilines is 1. The first-order valence-electron chi connectivity index (χ1n) is 9.70. The van der Waals surface area contributed by atoms with Crippen LogP contribution in [0.25, 0.3) is 0 Å². The smallest absolute Gasteiger partial charge is 0.225 e. The van der Waals surface area contributed by atoms with Crippen LogP contribution >= 0.6 is 0 Å². The molecule has 1 unspecified atom stereocenters. The van der Waals surface area contributed by atoms with Crippen LogP contribution in [0.2, 0.25) is 0 Å². The molecule has 0 spiro atoms. The SMILES string of the molecule is CS(=O)(=O)NC1CCCN(CCC(=O)Nc2ccccc2Oc2ccccc2)C1. The topological polar surface area (TPSA) is 87.7 Å². The number of para-hydroxylation sites is 3. The molecule has 1 atom stereocenters. The predicted molar refractivity (Wildman–Crippen MR) is 114 cm³/mol. The van der Waals surface area contributed by atoms with Crippen LogP contribution in [0.15, 0.2) is 54.6 Å². The van der Waals surface area contributed by atoms with Crippen molar-refractivity contribution in [2.45, 2.75) is 25.3 Å². The normalized spacial score (nSPS) is 17.6. The van der Waals surface area contributed by atoms with Gasteiger partial charge in [-0.15, -0.1) is 0 Å². The molecule has 1 amide bonds. The summed E-state index contributed by atoms with van der Waals surface area (Å²) in [5, 5.41) is 2.92. The van der Waals surface area contributed by atoms with E-state index in [2.05, 4.69) is 14.9 Å². The van der Waals surface area contributed by atoms with Crippen LogP contribution < -0.4 is 14.8 Å². The number of carbonyl (C=O) groups is 1. The molecule has 29 heavy (non-hydrogen) atoms. The lowest BCUT2D eigenvalue weighted by Gasteiger charge is -2.32. The average Bonchev–Trinajstić information content (AvgIpc) is 2.68. The van der Waals surface area contributed by atoms with Crippen LogP contribution in [0.4, 0.5) is 5.69 Å². The Morgan fingerprint density at radius 2 is 1.86 bits per heavy atom. The number of piperidine rings is 1. The van der Waals surface area contributed by atoms with Crippen molar-refractivity contribution < 1.29 is 17.9 Å². The zero-order chi connectivity index (χ0) is 20.7. The Balaban J connectivity index is 1.52. The highest BCUT2D eigenvalue weighted by atomic mass is 32.2. The van der Waals surface area contributed by atoms with Crippen molar-refractivity contribution in [3.63, 3.8) is 0 Å². The lowest BCUT2D eigenvalue weighted by molar-refractivity contribution is -0.116. The second-order valence-electron chi connectivity index (χ2n) is 7.24. The molecule has 1 saturated heterocycles. The van der Waals surface area contributed by atoms with E-state index >= 15 is 0 Å². The van der Waals surface area contributed by atoms with E-state index in [1.807, 2.05) is 54.6 Å². The Kier molecular flexibility index (Phi) is 7.24. The number of nitrogens with one attached hydrogen (secondary N) is 2. The van der Waals surface area contributed by atoms with E-state index in [-0.39, 0.29) is 11.9 Å². The van der Waals surface area contributed by atoms with E-state index in [1.165, 1.54) is 6.26 Å². The van der Waals surface area contributed by atoms with Gasteiger partial charge in [0.2, 0.25) is 15.9 Å². The standard InChI is InChI=1S/C21H27N3O4S/c1-29(26,27)23-17-8-7-14-24(16-17)15-13-21(25)22-19-11-5-6-12-20(19)28-18-9-3-2-4-10-18/h2-6,9-12,17,23H,7-8,13-16H2,1H3,(H,22,25). The summed E-state index contributed by atoms with van der Waals surface area (Å²) in [5.41, 5.74) is 0.622. The minimum Gasteiger partial charge on any atom is -0.455 e. The molecule has 3 rings (SSSR count). The number of ether oxygens (including phenoxy) is 1. The van der Waals surface area contributed by atoms with Crippen molar-refractivity contribution in [2.24, 2.45) is 0 Å². The van der Waals surface area contributed by atoms with E-state index in [1.54, 1.807) is 0 Å². The summed E-state index contributed by atoms with van der Waals surface area (Å²) in [6.45, 7) is 2.06. The molecule has 2 aromatic rings. The monoisotopic (exact) mass is 417 g/mol. The largest absolute Gasteiger partial charge is 0.455 e. The van der Waals surface area contributed by atoms with Crippen molar-refractivity contribution >= 4 is 21.6 Å². The van der Waals surface area contributed by atoms with Crippen LogP contribution in [0, 0.1) is 0 Å². The number of rotatable bonds is 8. The molecule has 0 radical (unpaired) electrons. The van der Waals surface area contributed by atoms with Gasteiger partial charge in [0.25, 0.3) is 0 Å².